The number of primary amides is 1. The van der Waals surface area contributed by atoms with E-state index >= 15 is 0 Å². The van der Waals surface area contributed by atoms with Gasteiger partial charge in [0.2, 0.25) is 0 Å². The summed E-state index contributed by atoms with van der Waals surface area (Å²) >= 11 is 0. The van der Waals surface area contributed by atoms with Crippen molar-refractivity contribution in [3.63, 3.8) is 0 Å². The first-order valence-corrected chi connectivity index (χ1v) is 1.64. The Kier molecular flexibility index (Phi) is 2.14. The normalized spacial score (nSPS) is 6.88. The lowest BCUT2D eigenvalue weighted by Gasteiger charge is -1.86. The van der Waals surface area contributed by atoms with Gasteiger partial charge in [0.1, 0.15) is 0 Å². The van der Waals surface area contributed by atoms with Crippen molar-refractivity contribution in [1.29, 1.82) is 0 Å². The predicted octanol–water partition coefficient (Wildman–Crippen LogP) is -0.758. The number of hydrogen-bond acceptors (Lipinski definition) is 3. The van der Waals surface area contributed by atoms with Crippen molar-refractivity contribution in [2.24, 2.45) is 5.73 Å². The molecule has 0 radical (unpaired) electrons. The zero-order valence-corrected chi connectivity index (χ0v) is 3.88. The highest BCUT2D eigenvalue weighted by Gasteiger charge is 1.98. The molecule has 4 nitrogen and oxygen atoms in total. The summed E-state index contributed by atoms with van der Waals surface area (Å²) in [4.78, 5) is 19.5. The van der Waals surface area contributed by atoms with Gasteiger partial charge in [-0.1, -0.05) is 0 Å². The molecule has 1 amide bonds. The van der Waals surface area contributed by atoms with Crippen LogP contribution in [0.15, 0.2) is 0 Å². The van der Waals surface area contributed by atoms with Crippen LogP contribution in [-0.4, -0.2) is 12.1 Å². The number of carbonyl (C=O) groups is 2. The molecule has 0 aromatic heterocycles. The van der Waals surface area contributed by atoms with Crippen LogP contribution in [0.25, 0.3) is 0 Å². The minimum absolute atomic E-state index is 1.07. The fourth-order valence-corrected chi connectivity index (χ4v) is 0.121. The van der Waals surface area contributed by atoms with E-state index in [1.807, 2.05) is 0 Å². The molecule has 42 valence electrons. The van der Waals surface area contributed by atoms with Crippen LogP contribution in [0.5, 0.6) is 0 Å². The first-order valence-electron chi connectivity index (χ1n) is 1.64. The highest BCUT2D eigenvalue weighted by molar-refractivity contribution is 5.94. The van der Waals surface area contributed by atoms with Gasteiger partial charge >= 0.3 is 12.1 Å². The van der Waals surface area contributed by atoms with Crippen molar-refractivity contribution >= 4 is 12.1 Å². The van der Waals surface area contributed by atoms with Gasteiger partial charge in [-0.25, -0.2) is 9.59 Å². The van der Waals surface area contributed by atoms with Gasteiger partial charge in [-0.2, -0.15) is 0 Å². The van der Waals surface area contributed by atoms with Crippen molar-refractivity contribution in [2.45, 2.75) is 0 Å². The number of carbonyl (C=O) groups excluding carboxylic acids is 2. The van der Waals surface area contributed by atoms with Crippen LogP contribution >= 0.6 is 0 Å². The average Bonchev–Trinajstić information content (AvgIpc) is 1.65. The molecular weight excluding hydrogens is 110 g/mol. The molecule has 0 aliphatic heterocycles. The van der Waals surface area contributed by atoms with Crippen LogP contribution in [0.2, 0.25) is 0 Å². The van der Waals surface area contributed by atoms with Crippen molar-refractivity contribution in [2.75, 3.05) is 0 Å². The number of nitrogens with two attached hydrogens (primary N) is 1. The fraction of sp³-hybridized carbons (Fsp3) is 0. The van der Waals surface area contributed by atoms with E-state index in [9.17, 15) is 9.59 Å². The summed E-state index contributed by atoms with van der Waals surface area (Å²) in [7, 11) is 0. The Morgan fingerprint density at radius 2 is 2.12 bits per heavy atom. The van der Waals surface area contributed by atoms with Gasteiger partial charge in [0.05, 0.1) is 0 Å². The molecule has 0 bridgehead atoms. The summed E-state index contributed by atoms with van der Waals surface area (Å²) < 4.78 is 3.66. The number of terminal acetylenes is 1. The minimum Gasteiger partial charge on any atom is -0.366 e. The Hall–Kier alpha value is -1.50. The Morgan fingerprint density at radius 3 is 2.25 bits per heavy atom. The van der Waals surface area contributed by atoms with Gasteiger partial charge in [0.25, 0.3) is 0 Å². The molecule has 0 aliphatic carbocycles. The number of rotatable bonds is 0. The largest absolute Gasteiger partial charge is 0.412 e. The number of hydrogen-bond donors (Lipinski definition) is 1. The Bertz CT molecular complexity index is 155. The summed E-state index contributed by atoms with van der Waals surface area (Å²) in [5.41, 5.74) is 4.39. The van der Waals surface area contributed by atoms with Crippen LogP contribution in [0.4, 0.5) is 4.79 Å². The third-order valence-corrected chi connectivity index (χ3v) is 0.311. The van der Waals surface area contributed by atoms with Crippen molar-refractivity contribution in [3.8, 4) is 12.3 Å². The molecule has 0 atom stereocenters. The lowest BCUT2D eigenvalue weighted by Crippen LogP contribution is -2.16. The summed E-state index contributed by atoms with van der Waals surface area (Å²) in [6.07, 6.45) is 3.30. The third-order valence-electron chi connectivity index (χ3n) is 0.311. The second kappa shape index (κ2) is 2.64. The highest BCUT2D eigenvalue weighted by atomic mass is 16.6. The molecule has 0 heterocycles. The van der Waals surface area contributed by atoms with E-state index in [-0.39, 0.29) is 0 Å². The molecule has 0 saturated heterocycles. The Morgan fingerprint density at radius 1 is 1.62 bits per heavy atom. The van der Waals surface area contributed by atoms with Crippen LogP contribution in [-0.2, 0) is 9.53 Å². The Labute approximate surface area is 45.6 Å². The lowest BCUT2D eigenvalue weighted by molar-refractivity contribution is -0.130. The minimum atomic E-state index is -1.19. The summed E-state index contributed by atoms with van der Waals surface area (Å²) in [6.45, 7) is 0. The van der Waals surface area contributed by atoms with E-state index in [4.69, 9.17) is 0 Å². The van der Waals surface area contributed by atoms with Gasteiger partial charge in [0.15, 0.2) is 0 Å². The monoisotopic (exact) mass is 113 g/mol. The molecule has 2 N–H and O–H groups in total. The van der Waals surface area contributed by atoms with E-state index in [0.717, 1.165) is 0 Å². The first kappa shape index (κ1) is 6.50. The van der Waals surface area contributed by atoms with Crippen molar-refractivity contribution in [1.82, 2.24) is 0 Å². The van der Waals surface area contributed by atoms with Crippen molar-refractivity contribution in [3.05, 3.63) is 0 Å². The molecule has 0 spiro atoms. The quantitative estimate of drug-likeness (QED) is 0.194. The van der Waals surface area contributed by atoms with E-state index in [1.165, 1.54) is 5.92 Å². The van der Waals surface area contributed by atoms with E-state index in [0.29, 0.717) is 0 Å². The molecule has 0 rings (SSSR count). The topological polar surface area (TPSA) is 69.4 Å². The van der Waals surface area contributed by atoms with Crippen LogP contribution in [0.1, 0.15) is 0 Å². The third kappa shape index (κ3) is 2.72. The maximum absolute atomic E-state index is 9.86. The van der Waals surface area contributed by atoms with Crippen molar-refractivity contribution < 1.29 is 14.3 Å². The number of ether oxygens (including phenoxy) is 1. The summed E-state index contributed by atoms with van der Waals surface area (Å²) in [5, 5.41) is 0. The smallest absolute Gasteiger partial charge is 0.366 e. The lowest BCUT2D eigenvalue weighted by atomic mass is 10.7. The zero-order chi connectivity index (χ0) is 6.57. The maximum Gasteiger partial charge on any atom is 0.412 e. The summed E-state index contributed by atoms with van der Waals surface area (Å²) in [5.74, 6) is 0.463. The van der Waals surface area contributed by atoms with Crippen LogP contribution < -0.4 is 5.73 Å². The second-order valence-electron chi connectivity index (χ2n) is 0.853. The standard InChI is InChI=1S/C4H3NO3/c1-2-3(6)8-4(5)7/h1H,(H2,5,7). The molecule has 0 aliphatic rings. The molecular formula is C4H3NO3. The zero-order valence-electron chi connectivity index (χ0n) is 3.88. The molecule has 0 unspecified atom stereocenters. The van der Waals surface area contributed by atoms with E-state index in [1.54, 1.807) is 0 Å². The molecule has 0 saturated carbocycles. The van der Waals surface area contributed by atoms with E-state index < -0.39 is 12.1 Å². The first-order chi connectivity index (χ1) is 3.66. The Balaban J connectivity index is 3.61. The van der Waals surface area contributed by atoms with Gasteiger partial charge < -0.3 is 10.5 Å². The molecule has 8 heavy (non-hydrogen) atoms. The van der Waals surface area contributed by atoms with Gasteiger partial charge in [0, 0.05) is 5.92 Å². The van der Waals surface area contributed by atoms with Crippen LogP contribution in [0.3, 0.4) is 0 Å². The maximum atomic E-state index is 9.86. The fourth-order valence-electron chi connectivity index (χ4n) is 0.121. The van der Waals surface area contributed by atoms with Gasteiger partial charge in [-0.3, -0.25) is 0 Å². The molecule has 0 fully saturated rings. The average molecular weight is 113 g/mol. The summed E-state index contributed by atoms with van der Waals surface area (Å²) in [6, 6.07) is 0. The van der Waals surface area contributed by atoms with Gasteiger partial charge in [-0.15, -0.1) is 6.42 Å². The number of esters is 1. The molecule has 0 aromatic carbocycles. The predicted molar refractivity (Wildman–Crippen MR) is 24.5 cm³/mol. The highest BCUT2D eigenvalue weighted by Crippen LogP contribution is 1.71. The molecule has 4 heteroatoms. The molecule has 0 aromatic rings. The number of amides is 1. The van der Waals surface area contributed by atoms with Crippen LogP contribution in [0, 0.1) is 12.3 Å². The second-order valence-corrected chi connectivity index (χ2v) is 0.853. The van der Waals surface area contributed by atoms with Gasteiger partial charge in [-0.05, 0) is 0 Å². The SMILES string of the molecule is C#CC(=O)OC(N)=O. The van der Waals surface area contributed by atoms with E-state index in [2.05, 4.69) is 16.9 Å².